The summed E-state index contributed by atoms with van der Waals surface area (Å²) in [6.07, 6.45) is -7.84. The van der Waals surface area contributed by atoms with E-state index in [-0.39, 0.29) is 6.29 Å². The van der Waals surface area contributed by atoms with Gasteiger partial charge in [0.2, 0.25) is 6.23 Å². The maximum atomic E-state index is 9.85. The van der Waals surface area contributed by atoms with E-state index in [4.69, 9.17) is 20.4 Å². The van der Waals surface area contributed by atoms with Crippen molar-refractivity contribution in [2.75, 3.05) is 0 Å². The molecule has 0 aromatic heterocycles. The maximum Gasteiger partial charge on any atom is 0.215 e. The highest BCUT2D eigenvalue weighted by Crippen LogP contribution is 2.04. The Balaban J connectivity index is 4.16. The summed E-state index contributed by atoms with van der Waals surface area (Å²) in [5.41, 5.74) is 0. The lowest BCUT2D eigenvalue weighted by Gasteiger charge is -2.19. The molecule has 4 atom stereocenters. The Labute approximate surface area is 67.2 Å². The van der Waals surface area contributed by atoms with Gasteiger partial charge in [0.25, 0.3) is 0 Å². The molecular weight excluding hydrogens is 170 g/mol. The van der Waals surface area contributed by atoms with E-state index in [1.165, 1.54) is 0 Å². The Hall–Kier alpha value is -0.890. The number of aldehydes is 1. The fourth-order valence-corrected chi connectivity index (χ4v) is 0.521. The maximum absolute atomic E-state index is 9.85. The van der Waals surface area contributed by atoms with Crippen molar-refractivity contribution >= 4 is 6.29 Å². The molecule has 70 valence electrons. The molecule has 0 radical (unpaired) electrons. The van der Waals surface area contributed by atoms with Gasteiger partial charge in [-0.2, -0.15) is 0 Å². The van der Waals surface area contributed by atoms with Gasteiger partial charge in [-0.05, 0) is 5.18 Å². The summed E-state index contributed by atoms with van der Waals surface area (Å²) in [5, 5.41) is 36.7. The molecule has 0 aromatic carbocycles. The predicted molar refractivity (Wildman–Crippen MR) is 35.9 cm³/mol. The second-order valence-corrected chi connectivity index (χ2v) is 2.13. The first-order chi connectivity index (χ1) is 5.54. The molecule has 0 amide bonds. The average Bonchev–Trinajstić information content (AvgIpc) is 2.12. The first-order valence-electron chi connectivity index (χ1n) is 3.04. The van der Waals surface area contributed by atoms with Gasteiger partial charge >= 0.3 is 0 Å². The number of aliphatic hydroxyl groups excluding tert-OH is 4. The third-order valence-corrected chi connectivity index (χ3v) is 1.25. The van der Waals surface area contributed by atoms with Crippen LogP contribution in [0.2, 0.25) is 0 Å². The predicted octanol–water partition coefficient (Wildman–Crippen LogP) is -2.65. The monoisotopic (exact) mass is 179 g/mol. The SMILES string of the molecule is O=C[C@@H](O)[C@H](O)[C@@H](O)[C@H](O)N=O. The molecule has 7 heteroatoms. The minimum absolute atomic E-state index is 0.0363. The summed E-state index contributed by atoms with van der Waals surface area (Å²) in [7, 11) is 0. The molecule has 0 aromatic rings. The molecule has 0 unspecified atom stereocenters. The number of carbonyl (C=O) groups is 1. The minimum atomic E-state index is -2.06. The van der Waals surface area contributed by atoms with Crippen LogP contribution in [0.5, 0.6) is 0 Å². The van der Waals surface area contributed by atoms with Gasteiger partial charge in [-0.3, -0.25) is 0 Å². The van der Waals surface area contributed by atoms with Crippen molar-refractivity contribution in [2.24, 2.45) is 5.18 Å². The van der Waals surface area contributed by atoms with Crippen LogP contribution < -0.4 is 0 Å². The van der Waals surface area contributed by atoms with Crippen LogP contribution in [0.15, 0.2) is 5.18 Å². The van der Waals surface area contributed by atoms with Gasteiger partial charge in [-0.15, -0.1) is 4.91 Å². The summed E-state index contributed by atoms with van der Waals surface area (Å²) in [6, 6.07) is 0. The molecule has 12 heavy (non-hydrogen) atoms. The summed E-state index contributed by atoms with van der Waals surface area (Å²) in [5.74, 6) is 0. The van der Waals surface area contributed by atoms with E-state index in [1.807, 2.05) is 5.18 Å². The Morgan fingerprint density at radius 1 is 1.08 bits per heavy atom. The lowest BCUT2D eigenvalue weighted by Crippen LogP contribution is -2.44. The Morgan fingerprint density at radius 2 is 1.58 bits per heavy atom. The van der Waals surface area contributed by atoms with Gasteiger partial charge in [0.1, 0.15) is 18.3 Å². The van der Waals surface area contributed by atoms with Gasteiger partial charge < -0.3 is 25.2 Å². The molecule has 0 rings (SSSR count). The fraction of sp³-hybridized carbons (Fsp3) is 0.800. The second-order valence-electron chi connectivity index (χ2n) is 2.13. The van der Waals surface area contributed by atoms with E-state index in [0.29, 0.717) is 0 Å². The summed E-state index contributed by atoms with van der Waals surface area (Å²) >= 11 is 0. The average molecular weight is 179 g/mol. The van der Waals surface area contributed by atoms with Crippen LogP contribution in [0.3, 0.4) is 0 Å². The molecule has 0 heterocycles. The van der Waals surface area contributed by atoms with Crippen LogP contribution in [0.1, 0.15) is 0 Å². The van der Waals surface area contributed by atoms with Crippen molar-refractivity contribution in [1.29, 1.82) is 0 Å². The number of hydrogen-bond donors (Lipinski definition) is 4. The van der Waals surface area contributed by atoms with Crippen molar-refractivity contribution in [1.82, 2.24) is 0 Å². The Kier molecular flexibility index (Phi) is 4.52. The van der Waals surface area contributed by atoms with Gasteiger partial charge in [-0.1, -0.05) is 0 Å². The third-order valence-electron chi connectivity index (χ3n) is 1.25. The molecule has 7 nitrogen and oxygen atoms in total. The Bertz CT molecular complexity index is 144. The number of nitrogens with zero attached hydrogens (tertiary/aromatic N) is 1. The second kappa shape index (κ2) is 4.88. The van der Waals surface area contributed by atoms with Crippen LogP contribution >= 0.6 is 0 Å². The molecular formula is C5H9NO6. The normalized spacial score (nSPS) is 20.7. The zero-order chi connectivity index (χ0) is 9.72. The van der Waals surface area contributed by atoms with Crippen molar-refractivity contribution in [3.8, 4) is 0 Å². The highest BCUT2D eigenvalue weighted by atomic mass is 16.4. The molecule has 0 saturated heterocycles. The lowest BCUT2D eigenvalue weighted by molar-refractivity contribution is -0.133. The quantitative estimate of drug-likeness (QED) is 0.269. The number of rotatable bonds is 5. The van der Waals surface area contributed by atoms with Crippen molar-refractivity contribution in [2.45, 2.75) is 24.5 Å². The van der Waals surface area contributed by atoms with Gasteiger partial charge in [0, 0.05) is 0 Å². The standard InChI is InChI=1S/C5H9NO6/c7-1-2(8)3(9)4(10)5(11)6-12/h1-5,8-11H/t2-,3+,4-,5+/m1/s1. The van der Waals surface area contributed by atoms with Crippen LogP contribution in [0.4, 0.5) is 0 Å². The van der Waals surface area contributed by atoms with Gasteiger partial charge in [0.15, 0.2) is 6.29 Å². The topological polar surface area (TPSA) is 127 Å². The van der Waals surface area contributed by atoms with Crippen molar-refractivity contribution < 1.29 is 25.2 Å². The van der Waals surface area contributed by atoms with E-state index >= 15 is 0 Å². The zero-order valence-electron chi connectivity index (χ0n) is 5.94. The van der Waals surface area contributed by atoms with E-state index < -0.39 is 24.5 Å². The number of nitroso groups, excluding NO2 is 1. The van der Waals surface area contributed by atoms with Crippen LogP contribution in [0.25, 0.3) is 0 Å². The van der Waals surface area contributed by atoms with E-state index in [9.17, 15) is 9.70 Å². The zero-order valence-corrected chi connectivity index (χ0v) is 5.94. The number of carbonyl (C=O) groups excluding carboxylic acids is 1. The van der Waals surface area contributed by atoms with Crippen LogP contribution in [-0.4, -0.2) is 51.3 Å². The van der Waals surface area contributed by atoms with E-state index in [2.05, 4.69) is 0 Å². The van der Waals surface area contributed by atoms with Crippen LogP contribution in [0, 0.1) is 4.91 Å². The van der Waals surface area contributed by atoms with Crippen LogP contribution in [-0.2, 0) is 4.79 Å². The molecule has 0 spiro atoms. The highest BCUT2D eigenvalue weighted by Gasteiger charge is 2.30. The number of aliphatic hydroxyl groups is 4. The minimum Gasteiger partial charge on any atom is -0.387 e. The van der Waals surface area contributed by atoms with E-state index in [1.54, 1.807) is 0 Å². The lowest BCUT2D eigenvalue weighted by atomic mass is 10.1. The van der Waals surface area contributed by atoms with Gasteiger partial charge in [0.05, 0.1) is 0 Å². The molecule has 0 aliphatic carbocycles. The molecule has 0 bridgehead atoms. The van der Waals surface area contributed by atoms with Crippen molar-refractivity contribution in [3.05, 3.63) is 4.91 Å². The molecule has 0 aliphatic heterocycles. The number of hydrogen-bond acceptors (Lipinski definition) is 7. The summed E-state index contributed by atoms with van der Waals surface area (Å²) in [4.78, 5) is 19.5. The molecule has 0 saturated carbocycles. The first kappa shape index (κ1) is 11.1. The smallest absolute Gasteiger partial charge is 0.215 e. The Morgan fingerprint density at radius 3 is 1.92 bits per heavy atom. The van der Waals surface area contributed by atoms with Crippen molar-refractivity contribution in [3.63, 3.8) is 0 Å². The summed E-state index contributed by atoms with van der Waals surface area (Å²) < 4.78 is 0. The third kappa shape index (κ3) is 2.62. The fourth-order valence-electron chi connectivity index (χ4n) is 0.521. The van der Waals surface area contributed by atoms with Gasteiger partial charge in [-0.25, -0.2) is 0 Å². The molecule has 4 N–H and O–H groups in total. The first-order valence-corrected chi connectivity index (χ1v) is 3.04. The molecule has 0 fully saturated rings. The summed E-state index contributed by atoms with van der Waals surface area (Å²) in [6.45, 7) is 0. The molecule has 0 aliphatic rings. The largest absolute Gasteiger partial charge is 0.387 e. The van der Waals surface area contributed by atoms with E-state index in [0.717, 1.165) is 0 Å². The highest BCUT2D eigenvalue weighted by molar-refractivity contribution is 5.56.